The first-order valence-corrected chi connectivity index (χ1v) is 8.80. The Morgan fingerprint density at radius 2 is 2.20 bits per heavy atom. The number of hydrogen-bond acceptors (Lipinski definition) is 5. The highest BCUT2D eigenvalue weighted by atomic mass is 32.2. The number of thioether (sulfide) groups is 1. The first kappa shape index (κ1) is 17.3. The van der Waals surface area contributed by atoms with Gasteiger partial charge >= 0.3 is 0 Å². The summed E-state index contributed by atoms with van der Waals surface area (Å²) < 4.78 is 18.6. The van der Waals surface area contributed by atoms with Crippen molar-refractivity contribution in [1.29, 1.82) is 0 Å². The largest absolute Gasteiger partial charge is 0.497 e. The van der Waals surface area contributed by atoms with Crippen molar-refractivity contribution in [3.05, 3.63) is 53.8 Å². The van der Waals surface area contributed by atoms with Crippen molar-refractivity contribution in [2.24, 2.45) is 5.10 Å². The number of methoxy groups -OCH3 is 1. The standard InChI is InChI=1S/C18H18FN3O2S/c1-24-14-4-2-3-13(10-14)20-11-18(23)22-21-16-7-8-25-17-6-5-12(19)9-15(16)17/h2-6,9-10,20H,7-8,11H2,1H3,(H,22,23)/b21-16-. The zero-order chi connectivity index (χ0) is 17.6. The molecule has 2 N–H and O–H groups in total. The number of amides is 1. The number of nitrogens with zero attached hydrogens (tertiary/aromatic N) is 1. The third kappa shape index (κ3) is 4.51. The lowest BCUT2D eigenvalue weighted by molar-refractivity contribution is -0.119. The minimum Gasteiger partial charge on any atom is -0.497 e. The Morgan fingerprint density at radius 1 is 1.32 bits per heavy atom. The molecule has 7 heteroatoms. The molecule has 1 amide bonds. The average Bonchev–Trinajstić information content (AvgIpc) is 2.64. The van der Waals surface area contributed by atoms with Gasteiger partial charge in [0.05, 0.1) is 19.4 Å². The van der Waals surface area contributed by atoms with Crippen LogP contribution in [0.2, 0.25) is 0 Å². The fourth-order valence-electron chi connectivity index (χ4n) is 2.45. The van der Waals surface area contributed by atoms with E-state index in [0.29, 0.717) is 17.9 Å². The minimum absolute atomic E-state index is 0.0781. The smallest absolute Gasteiger partial charge is 0.259 e. The van der Waals surface area contributed by atoms with Crippen molar-refractivity contribution < 1.29 is 13.9 Å². The molecule has 0 atom stereocenters. The Labute approximate surface area is 149 Å². The van der Waals surface area contributed by atoms with E-state index in [1.807, 2.05) is 18.2 Å². The van der Waals surface area contributed by atoms with Crippen molar-refractivity contribution in [2.45, 2.75) is 11.3 Å². The van der Waals surface area contributed by atoms with Gasteiger partial charge in [-0.25, -0.2) is 9.82 Å². The summed E-state index contributed by atoms with van der Waals surface area (Å²) in [5.41, 5.74) is 4.76. The molecule has 5 nitrogen and oxygen atoms in total. The molecule has 0 unspecified atom stereocenters. The van der Waals surface area contributed by atoms with Gasteiger partial charge in [-0.05, 0) is 30.3 Å². The molecule has 0 aromatic heterocycles. The summed E-state index contributed by atoms with van der Waals surface area (Å²) in [6.45, 7) is 0.0781. The van der Waals surface area contributed by atoms with Crippen LogP contribution in [0.4, 0.5) is 10.1 Å². The van der Waals surface area contributed by atoms with Gasteiger partial charge < -0.3 is 10.1 Å². The van der Waals surface area contributed by atoms with Crippen molar-refractivity contribution in [2.75, 3.05) is 24.7 Å². The van der Waals surface area contributed by atoms with Gasteiger partial charge in [0.1, 0.15) is 11.6 Å². The Bertz CT molecular complexity index is 811. The Kier molecular flexibility index (Phi) is 5.55. The minimum atomic E-state index is -0.306. The molecular weight excluding hydrogens is 341 g/mol. The summed E-state index contributed by atoms with van der Waals surface area (Å²) in [5, 5.41) is 7.19. The number of carbonyl (C=O) groups excluding carboxylic acids is 1. The Hall–Kier alpha value is -2.54. The van der Waals surface area contributed by atoms with Crippen LogP contribution in [0.5, 0.6) is 5.75 Å². The highest BCUT2D eigenvalue weighted by molar-refractivity contribution is 7.99. The highest BCUT2D eigenvalue weighted by Gasteiger charge is 2.17. The number of fused-ring (bicyclic) bond motifs is 1. The van der Waals surface area contributed by atoms with E-state index in [1.54, 1.807) is 31.0 Å². The maximum atomic E-state index is 13.5. The molecule has 0 aliphatic carbocycles. The van der Waals surface area contributed by atoms with E-state index in [-0.39, 0.29) is 18.3 Å². The van der Waals surface area contributed by atoms with Gasteiger partial charge in [-0.15, -0.1) is 11.8 Å². The molecule has 1 aliphatic rings. The molecule has 0 saturated heterocycles. The third-order valence-electron chi connectivity index (χ3n) is 3.69. The topological polar surface area (TPSA) is 62.7 Å². The third-order valence-corrected chi connectivity index (χ3v) is 4.76. The summed E-state index contributed by atoms with van der Waals surface area (Å²) in [5.74, 6) is 0.991. The normalized spacial score (nSPS) is 14.7. The summed E-state index contributed by atoms with van der Waals surface area (Å²) in [6, 6.07) is 12.0. The summed E-state index contributed by atoms with van der Waals surface area (Å²) in [7, 11) is 1.59. The zero-order valence-corrected chi connectivity index (χ0v) is 14.5. The van der Waals surface area contributed by atoms with Crippen LogP contribution < -0.4 is 15.5 Å². The van der Waals surface area contributed by atoms with E-state index in [4.69, 9.17) is 4.74 Å². The molecule has 2 aromatic carbocycles. The maximum Gasteiger partial charge on any atom is 0.259 e. The van der Waals surface area contributed by atoms with Crippen molar-refractivity contribution in [1.82, 2.24) is 5.43 Å². The number of rotatable bonds is 5. The van der Waals surface area contributed by atoms with E-state index in [0.717, 1.165) is 21.9 Å². The maximum absolute atomic E-state index is 13.5. The number of anilines is 1. The molecule has 0 spiro atoms. The SMILES string of the molecule is COc1cccc(NCC(=O)N/N=C2/CCSc3ccc(F)cc32)c1. The molecule has 1 heterocycles. The summed E-state index contributed by atoms with van der Waals surface area (Å²) in [6.07, 6.45) is 0.685. The highest BCUT2D eigenvalue weighted by Crippen LogP contribution is 2.30. The van der Waals surface area contributed by atoms with Crippen LogP contribution in [0.25, 0.3) is 0 Å². The quantitative estimate of drug-likeness (QED) is 0.805. The second-order valence-corrected chi connectivity index (χ2v) is 6.55. The average molecular weight is 359 g/mol. The van der Waals surface area contributed by atoms with Gasteiger partial charge in [-0.1, -0.05) is 6.07 Å². The van der Waals surface area contributed by atoms with E-state index in [2.05, 4.69) is 15.8 Å². The number of carbonyl (C=O) groups is 1. The Morgan fingerprint density at radius 3 is 3.04 bits per heavy atom. The molecular formula is C18H18FN3O2S. The van der Waals surface area contributed by atoms with Crippen LogP contribution in [-0.2, 0) is 4.79 Å². The molecule has 130 valence electrons. The molecule has 25 heavy (non-hydrogen) atoms. The van der Waals surface area contributed by atoms with Gasteiger partial charge in [0.2, 0.25) is 0 Å². The van der Waals surface area contributed by atoms with E-state index >= 15 is 0 Å². The predicted molar refractivity (Wildman–Crippen MR) is 97.9 cm³/mol. The van der Waals surface area contributed by atoms with Gasteiger partial charge in [-0.3, -0.25) is 4.79 Å². The lowest BCUT2D eigenvalue weighted by Gasteiger charge is -2.17. The summed E-state index contributed by atoms with van der Waals surface area (Å²) in [4.78, 5) is 13.0. The van der Waals surface area contributed by atoms with E-state index < -0.39 is 0 Å². The lowest BCUT2D eigenvalue weighted by atomic mass is 10.1. The number of hydrogen-bond donors (Lipinski definition) is 2. The molecule has 3 rings (SSSR count). The fourth-order valence-corrected chi connectivity index (χ4v) is 3.46. The Balaban J connectivity index is 1.61. The fraction of sp³-hybridized carbons (Fsp3) is 0.222. The van der Waals surface area contributed by atoms with Crippen LogP contribution in [0.15, 0.2) is 52.5 Å². The molecule has 0 radical (unpaired) electrons. The first-order chi connectivity index (χ1) is 12.2. The van der Waals surface area contributed by atoms with Crippen LogP contribution >= 0.6 is 11.8 Å². The van der Waals surface area contributed by atoms with Crippen molar-refractivity contribution in [3.63, 3.8) is 0 Å². The second kappa shape index (κ2) is 8.02. The number of halogens is 1. The van der Waals surface area contributed by atoms with E-state index in [9.17, 15) is 9.18 Å². The van der Waals surface area contributed by atoms with Crippen LogP contribution in [-0.4, -0.2) is 31.0 Å². The number of benzene rings is 2. The zero-order valence-electron chi connectivity index (χ0n) is 13.7. The summed E-state index contributed by atoms with van der Waals surface area (Å²) >= 11 is 1.66. The number of nitrogens with one attached hydrogen (secondary N) is 2. The van der Waals surface area contributed by atoms with E-state index in [1.165, 1.54) is 12.1 Å². The first-order valence-electron chi connectivity index (χ1n) is 7.82. The van der Waals surface area contributed by atoms with Crippen LogP contribution in [0.1, 0.15) is 12.0 Å². The van der Waals surface area contributed by atoms with Crippen molar-refractivity contribution in [3.8, 4) is 5.75 Å². The predicted octanol–water partition coefficient (Wildman–Crippen LogP) is 3.26. The molecule has 0 fully saturated rings. The van der Waals surface area contributed by atoms with Gasteiger partial charge in [0.25, 0.3) is 5.91 Å². The molecule has 1 aliphatic heterocycles. The van der Waals surface area contributed by atoms with Crippen molar-refractivity contribution >= 4 is 29.1 Å². The monoisotopic (exact) mass is 359 g/mol. The van der Waals surface area contributed by atoms with Gasteiger partial charge in [0.15, 0.2) is 0 Å². The second-order valence-electron chi connectivity index (χ2n) is 5.42. The molecule has 2 aromatic rings. The van der Waals surface area contributed by atoms with Gasteiger partial charge in [0, 0.05) is 34.4 Å². The number of hydrazone groups is 1. The number of ether oxygens (including phenoxy) is 1. The lowest BCUT2D eigenvalue weighted by Crippen LogP contribution is -2.27. The van der Waals surface area contributed by atoms with Gasteiger partial charge in [-0.2, -0.15) is 5.10 Å². The molecule has 0 bridgehead atoms. The molecule has 0 saturated carbocycles. The van der Waals surface area contributed by atoms with Crippen LogP contribution in [0, 0.1) is 5.82 Å². The van der Waals surface area contributed by atoms with Crippen LogP contribution in [0.3, 0.4) is 0 Å².